The molecule has 7 nitrogen and oxygen atoms in total. The summed E-state index contributed by atoms with van der Waals surface area (Å²) in [5.74, 6) is 2.63. The van der Waals surface area contributed by atoms with Gasteiger partial charge in [0.15, 0.2) is 0 Å². The SMILES string of the molecule is COC=C(OC1=CC=C(Cl)CC1=C=NN1CCOCC1)C(=O)OC. The second-order valence-corrected chi connectivity index (χ2v) is 5.37. The van der Waals surface area contributed by atoms with E-state index in [-0.39, 0.29) is 5.76 Å². The standard InChI is InChI=1S/C16H19ClN2O5/c1-21-11-15(16(20)22-2)24-14-4-3-13(17)9-12(14)10-18-19-5-7-23-8-6-19/h3-4,11H,5-9H2,1-2H3. The van der Waals surface area contributed by atoms with Gasteiger partial charge < -0.3 is 18.9 Å². The molecule has 0 aromatic heterocycles. The molecule has 8 heteroatoms. The van der Waals surface area contributed by atoms with E-state index in [1.165, 1.54) is 20.5 Å². The van der Waals surface area contributed by atoms with Crippen LogP contribution in [0.25, 0.3) is 0 Å². The van der Waals surface area contributed by atoms with Crippen LogP contribution in [0, 0.1) is 0 Å². The van der Waals surface area contributed by atoms with Gasteiger partial charge in [-0.05, 0) is 12.2 Å². The van der Waals surface area contributed by atoms with Gasteiger partial charge >= 0.3 is 5.97 Å². The fraction of sp³-hybridized carbons (Fsp3) is 0.438. The summed E-state index contributed by atoms with van der Waals surface area (Å²) in [7, 11) is 2.67. The van der Waals surface area contributed by atoms with E-state index in [2.05, 4.69) is 15.7 Å². The summed E-state index contributed by atoms with van der Waals surface area (Å²) in [4.78, 5) is 11.7. The number of rotatable bonds is 5. The molecule has 0 saturated carbocycles. The average Bonchev–Trinajstić information content (AvgIpc) is 2.61. The predicted molar refractivity (Wildman–Crippen MR) is 88.2 cm³/mol. The second-order valence-electron chi connectivity index (χ2n) is 4.89. The maximum atomic E-state index is 11.7. The first kappa shape index (κ1) is 18.1. The third kappa shape index (κ3) is 5.16. The van der Waals surface area contributed by atoms with Crippen LogP contribution in [0.5, 0.6) is 0 Å². The van der Waals surface area contributed by atoms with Gasteiger partial charge in [-0.2, -0.15) is 0 Å². The molecule has 1 aliphatic carbocycles. The summed E-state index contributed by atoms with van der Waals surface area (Å²) in [5, 5.41) is 6.78. The predicted octanol–water partition coefficient (Wildman–Crippen LogP) is 1.92. The van der Waals surface area contributed by atoms with Gasteiger partial charge in [0.25, 0.3) is 0 Å². The van der Waals surface area contributed by atoms with Gasteiger partial charge in [0.1, 0.15) is 12.0 Å². The molecule has 0 spiro atoms. The van der Waals surface area contributed by atoms with E-state index >= 15 is 0 Å². The van der Waals surface area contributed by atoms with Crippen LogP contribution in [0.3, 0.4) is 0 Å². The van der Waals surface area contributed by atoms with Gasteiger partial charge in [-0.1, -0.05) is 11.6 Å². The number of hydrazone groups is 1. The topological polar surface area (TPSA) is 69.6 Å². The van der Waals surface area contributed by atoms with Gasteiger partial charge in [0.05, 0.1) is 46.1 Å². The smallest absolute Gasteiger partial charge is 0.377 e. The summed E-state index contributed by atoms with van der Waals surface area (Å²) in [5.41, 5.74) is 0.625. The van der Waals surface area contributed by atoms with Gasteiger partial charge in [-0.25, -0.2) is 4.79 Å². The lowest BCUT2D eigenvalue weighted by atomic mass is 10.1. The van der Waals surface area contributed by atoms with Gasteiger partial charge in [-0.15, -0.1) is 5.10 Å². The lowest BCUT2D eigenvalue weighted by Crippen LogP contribution is -2.32. The van der Waals surface area contributed by atoms with Crippen molar-refractivity contribution in [1.29, 1.82) is 0 Å². The number of carbonyl (C=O) groups is 1. The van der Waals surface area contributed by atoms with Crippen molar-refractivity contribution < 1.29 is 23.7 Å². The van der Waals surface area contributed by atoms with E-state index in [4.69, 9.17) is 25.8 Å². The minimum atomic E-state index is -0.650. The molecule has 0 radical (unpaired) electrons. The van der Waals surface area contributed by atoms with Crippen LogP contribution in [-0.4, -0.2) is 57.4 Å². The molecule has 1 aliphatic heterocycles. The fourth-order valence-electron chi connectivity index (χ4n) is 2.00. The number of esters is 1. The molecule has 0 amide bonds. The molecule has 2 aliphatic rings. The van der Waals surface area contributed by atoms with Gasteiger partial charge in [0.2, 0.25) is 5.76 Å². The van der Waals surface area contributed by atoms with Gasteiger partial charge in [-0.3, -0.25) is 5.01 Å². The first-order chi connectivity index (χ1) is 11.6. The van der Waals surface area contributed by atoms with E-state index in [0.717, 1.165) is 0 Å². The lowest BCUT2D eigenvalue weighted by Gasteiger charge is -2.22. The highest BCUT2D eigenvalue weighted by Crippen LogP contribution is 2.27. The van der Waals surface area contributed by atoms with Crippen LogP contribution in [0.2, 0.25) is 0 Å². The number of halogens is 1. The molecular weight excluding hydrogens is 336 g/mol. The number of nitrogens with zero attached hydrogens (tertiary/aromatic N) is 2. The van der Waals surface area contributed by atoms with Crippen LogP contribution < -0.4 is 0 Å². The number of carbonyl (C=O) groups excluding carboxylic acids is 1. The Labute approximate surface area is 145 Å². The summed E-state index contributed by atoms with van der Waals surface area (Å²) in [6, 6.07) is 0. The summed E-state index contributed by atoms with van der Waals surface area (Å²) in [6.45, 7) is 2.65. The molecule has 0 aromatic rings. The Hall–Kier alpha value is -2.21. The Morgan fingerprint density at radius 1 is 1.38 bits per heavy atom. The summed E-state index contributed by atoms with van der Waals surface area (Å²) >= 11 is 6.08. The molecule has 0 aromatic carbocycles. The van der Waals surface area contributed by atoms with E-state index in [1.54, 1.807) is 12.2 Å². The highest BCUT2D eigenvalue weighted by molar-refractivity contribution is 6.30. The molecule has 0 unspecified atom stereocenters. The maximum absolute atomic E-state index is 11.7. The maximum Gasteiger partial charge on any atom is 0.377 e. The third-order valence-corrected chi connectivity index (χ3v) is 3.46. The largest absolute Gasteiger partial charge is 0.500 e. The summed E-state index contributed by atoms with van der Waals surface area (Å²) < 4.78 is 20.4. The monoisotopic (exact) mass is 354 g/mol. The number of methoxy groups -OCH3 is 2. The Morgan fingerprint density at radius 2 is 2.12 bits per heavy atom. The van der Waals surface area contributed by atoms with Gasteiger partial charge in [0, 0.05) is 17.3 Å². The Bertz CT molecular complexity index is 626. The van der Waals surface area contributed by atoms with Crippen LogP contribution in [0.4, 0.5) is 0 Å². The van der Waals surface area contributed by atoms with Crippen molar-refractivity contribution in [1.82, 2.24) is 5.01 Å². The van der Waals surface area contributed by atoms with Crippen LogP contribution in [0.15, 0.2) is 45.6 Å². The number of hydrogen-bond donors (Lipinski definition) is 0. The number of morpholine rings is 1. The minimum Gasteiger partial charge on any atom is -0.500 e. The van der Waals surface area contributed by atoms with Crippen molar-refractivity contribution in [3.05, 3.63) is 40.5 Å². The molecule has 2 rings (SSSR count). The summed E-state index contributed by atoms with van der Waals surface area (Å²) in [6.07, 6.45) is 4.92. The molecule has 1 heterocycles. The zero-order valence-corrected chi connectivity index (χ0v) is 14.3. The Kier molecular flexibility index (Phi) is 6.93. The van der Waals surface area contributed by atoms with Crippen LogP contribution in [0.1, 0.15) is 6.42 Å². The Balaban J connectivity index is 2.22. The zero-order chi connectivity index (χ0) is 17.4. The third-order valence-electron chi connectivity index (χ3n) is 3.20. The van der Waals surface area contributed by atoms with E-state index in [9.17, 15) is 4.79 Å². The van der Waals surface area contributed by atoms with Crippen molar-refractivity contribution in [3.8, 4) is 0 Å². The van der Waals surface area contributed by atoms with Crippen LogP contribution in [-0.2, 0) is 23.7 Å². The number of hydrogen-bond acceptors (Lipinski definition) is 7. The zero-order valence-electron chi connectivity index (χ0n) is 13.6. The van der Waals surface area contributed by atoms with Crippen LogP contribution >= 0.6 is 11.6 Å². The van der Waals surface area contributed by atoms with Crippen molar-refractivity contribution in [2.24, 2.45) is 5.10 Å². The average molecular weight is 355 g/mol. The molecule has 1 fully saturated rings. The first-order valence-corrected chi connectivity index (χ1v) is 7.73. The molecular formula is C16H19ClN2O5. The molecule has 1 saturated heterocycles. The van der Waals surface area contributed by atoms with E-state index in [1.807, 2.05) is 5.01 Å². The molecule has 0 N–H and O–H groups in total. The van der Waals surface area contributed by atoms with E-state index in [0.29, 0.717) is 49.1 Å². The van der Waals surface area contributed by atoms with Crippen molar-refractivity contribution in [3.63, 3.8) is 0 Å². The minimum absolute atomic E-state index is 0.0802. The van der Waals surface area contributed by atoms with Crippen molar-refractivity contribution >= 4 is 23.4 Å². The van der Waals surface area contributed by atoms with Crippen molar-refractivity contribution in [2.45, 2.75) is 6.42 Å². The highest BCUT2D eigenvalue weighted by Gasteiger charge is 2.20. The first-order valence-electron chi connectivity index (χ1n) is 7.35. The van der Waals surface area contributed by atoms with E-state index < -0.39 is 5.97 Å². The molecule has 24 heavy (non-hydrogen) atoms. The molecule has 0 bridgehead atoms. The lowest BCUT2D eigenvalue weighted by molar-refractivity contribution is -0.139. The molecule has 130 valence electrons. The molecule has 0 atom stereocenters. The number of ether oxygens (including phenoxy) is 4. The van der Waals surface area contributed by atoms with Crippen molar-refractivity contribution in [2.75, 3.05) is 40.5 Å². The number of allylic oxidation sites excluding steroid dienone is 4. The fourth-order valence-corrected chi connectivity index (χ4v) is 2.19. The second kappa shape index (κ2) is 9.17. The quantitative estimate of drug-likeness (QED) is 0.325. The normalized spacial score (nSPS) is 18.2. The highest BCUT2D eigenvalue weighted by atomic mass is 35.5. The Morgan fingerprint density at radius 3 is 2.79 bits per heavy atom.